The van der Waals surface area contributed by atoms with Gasteiger partial charge in [0.25, 0.3) is 5.91 Å². The van der Waals surface area contributed by atoms with E-state index in [9.17, 15) is 18.0 Å². The van der Waals surface area contributed by atoms with Gasteiger partial charge in [-0.15, -0.1) is 0 Å². The molecular formula is C22H27N3O6S. The summed E-state index contributed by atoms with van der Waals surface area (Å²) in [6.45, 7) is 2.91. The molecule has 10 heteroatoms. The average Bonchev–Trinajstić information content (AvgIpc) is 3.35. The first-order valence-corrected chi connectivity index (χ1v) is 11.7. The van der Waals surface area contributed by atoms with Gasteiger partial charge in [0.1, 0.15) is 10.6 Å². The molecule has 2 aromatic rings. The molecule has 1 fully saturated rings. The highest BCUT2D eigenvalue weighted by Gasteiger charge is 2.30. The van der Waals surface area contributed by atoms with Gasteiger partial charge in [-0.25, -0.2) is 13.2 Å². The van der Waals surface area contributed by atoms with Gasteiger partial charge < -0.3 is 14.8 Å². The first-order valence-electron chi connectivity index (χ1n) is 10.3. The third-order valence-electron chi connectivity index (χ3n) is 5.16. The first kappa shape index (κ1) is 23.6. The standard InChI is InChI=1S/C22H27N3O6S/c1-4-31-22(27)24(2)18-10-8-17(9-11-18)23-21(26)16-7-12-19(30-3)20(15-16)32(28,29)25-13-5-6-14-25/h7-12,15H,4-6,13-14H2,1-3H3,(H,23,26). The second-order valence-corrected chi connectivity index (χ2v) is 9.14. The van der Waals surface area contributed by atoms with Gasteiger partial charge in [-0.1, -0.05) is 0 Å². The van der Waals surface area contributed by atoms with Crippen LogP contribution < -0.4 is 15.0 Å². The topological polar surface area (TPSA) is 105 Å². The predicted molar refractivity (Wildman–Crippen MR) is 121 cm³/mol. The van der Waals surface area contributed by atoms with Crippen LogP contribution in [0.3, 0.4) is 0 Å². The average molecular weight is 462 g/mol. The van der Waals surface area contributed by atoms with Crippen molar-refractivity contribution in [2.75, 3.05) is 44.1 Å². The van der Waals surface area contributed by atoms with Crippen molar-refractivity contribution in [2.45, 2.75) is 24.7 Å². The third kappa shape index (κ3) is 5.03. The van der Waals surface area contributed by atoms with Gasteiger partial charge in [-0.3, -0.25) is 9.69 Å². The summed E-state index contributed by atoms with van der Waals surface area (Å²) < 4.78 is 37.6. The molecule has 1 N–H and O–H groups in total. The lowest BCUT2D eigenvalue weighted by atomic mass is 10.2. The Balaban J connectivity index is 1.79. The number of rotatable bonds is 7. The lowest BCUT2D eigenvalue weighted by molar-refractivity contribution is 0.102. The lowest BCUT2D eigenvalue weighted by Gasteiger charge is -2.18. The largest absolute Gasteiger partial charge is 0.495 e. The van der Waals surface area contributed by atoms with Crippen LogP contribution in [0.5, 0.6) is 5.75 Å². The van der Waals surface area contributed by atoms with Gasteiger partial charge in [0, 0.05) is 37.1 Å². The summed E-state index contributed by atoms with van der Waals surface area (Å²) in [6, 6.07) is 11.0. The Morgan fingerprint density at radius 3 is 2.34 bits per heavy atom. The highest BCUT2D eigenvalue weighted by molar-refractivity contribution is 7.89. The van der Waals surface area contributed by atoms with E-state index in [2.05, 4.69) is 5.32 Å². The maximum Gasteiger partial charge on any atom is 0.413 e. The van der Waals surface area contributed by atoms with Crippen LogP contribution in [0.2, 0.25) is 0 Å². The number of anilines is 2. The molecule has 1 aliphatic heterocycles. The molecule has 0 spiro atoms. The molecule has 1 heterocycles. The van der Waals surface area contributed by atoms with Crippen molar-refractivity contribution >= 4 is 33.4 Å². The Morgan fingerprint density at radius 2 is 1.75 bits per heavy atom. The van der Waals surface area contributed by atoms with Gasteiger partial charge in [-0.05, 0) is 62.2 Å². The molecule has 0 atom stereocenters. The van der Waals surface area contributed by atoms with Crippen LogP contribution in [-0.2, 0) is 14.8 Å². The number of ether oxygens (including phenoxy) is 2. The van der Waals surface area contributed by atoms with E-state index in [4.69, 9.17) is 9.47 Å². The maximum absolute atomic E-state index is 13.0. The van der Waals surface area contributed by atoms with E-state index in [1.807, 2.05) is 0 Å². The molecule has 2 amide bonds. The number of hydrogen-bond donors (Lipinski definition) is 1. The van der Waals surface area contributed by atoms with Crippen LogP contribution in [0, 0.1) is 0 Å². The van der Waals surface area contributed by atoms with Gasteiger partial charge in [0.15, 0.2) is 0 Å². The fraction of sp³-hybridized carbons (Fsp3) is 0.364. The summed E-state index contributed by atoms with van der Waals surface area (Å²) in [6.07, 6.45) is 1.14. The van der Waals surface area contributed by atoms with E-state index in [0.29, 0.717) is 24.5 Å². The molecule has 0 aliphatic carbocycles. The molecule has 0 radical (unpaired) electrons. The van der Waals surface area contributed by atoms with Crippen LogP contribution in [0.4, 0.5) is 16.2 Å². The summed E-state index contributed by atoms with van der Waals surface area (Å²) in [4.78, 5) is 25.9. The minimum absolute atomic E-state index is 0.0269. The Kier molecular flexibility index (Phi) is 7.37. The molecule has 32 heavy (non-hydrogen) atoms. The second-order valence-electron chi connectivity index (χ2n) is 7.24. The summed E-state index contributed by atoms with van der Waals surface area (Å²) in [5.41, 5.74) is 1.29. The zero-order chi connectivity index (χ0) is 23.3. The summed E-state index contributed by atoms with van der Waals surface area (Å²) in [7, 11) is -0.775. The maximum atomic E-state index is 13.0. The molecule has 3 rings (SSSR count). The SMILES string of the molecule is CCOC(=O)N(C)c1ccc(NC(=O)c2ccc(OC)c(S(=O)(=O)N3CCCC3)c2)cc1. The van der Waals surface area contributed by atoms with E-state index >= 15 is 0 Å². The van der Waals surface area contributed by atoms with E-state index < -0.39 is 22.0 Å². The van der Waals surface area contributed by atoms with Crippen LogP contribution in [0.25, 0.3) is 0 Å². The van der Waals surface area contributed by atoms with Crippen molar-refractivity contribution in [1.82, 2.24) is 4.31 Å². The smallest absolute Gasteiger partial charge is 0.413 e. The molecule has 9 nitrogen and oxygen atoms in total. The van der Waals surface area contributed by atoms with Crippen molar-refractivity contribution in [3.63, 3.8) is 0 Å². The van der Waals surface area contributed by atoms with Gasteiger partial charge >= 0.3 is 6.09 Å². The van der Waals surface area contributed by atoms with E-state index in [1.54, 1.807) is 38.2 Å². The molecule has 2 aromatic carbocycles. The van der Waals surface area contributed by atoms with Crippen molar-refractivity contribution in [2.24, 2.45) is 0 Å². The van der Waals surface area contributed by atoms with E-state index in [0.717, 1.165) is 12.8 Å². The minimum atomic E-state index is -3.76. The minimum Gasteiger partial charge on any atom is -0.495 e. The van der Waals surface area contributed by atoms with Crippen LogP contribution in [0.1, 0.15) is 30.1 Å². The number of sulfonamides is 1. The normalized spacial score (nSPS) is 14.1. The van der Waals surface area contributed by atoms with E-state index in [1.165, 1.54) is 34.5 Å². The van der Waals surface area contributed by atoms with Gasteiger partial charge in [-0.2, -0.15) is 4.31 Å². The zero-order valence-electron chi connectivity index (χ0n) is 18.3. The number of amides is 2. The molecule has 1 aliphatic rings. The first-order chi connectivity index (χ1) is 15.3. The summed E-state index contributed by atoms with van der Waals surface area (Å²) in [5.74, 6) is -0.267. The molecule has 1 saturated heterocycles. The Hall–Kier alpha value is -3.11. The number of hydrogen-bond acceptors (Lipinski definition) is 6. The van der Waals surface area contributed by atoms with Crippen molar-refractivity contribution < 1.29 is 27.5 Å². The quantitative estimate of drug-likeness (QED) is 0.678. The molecule has 0 unspecified atom stereocenters. The van der Waals surface area contributed by atoms with Gasteiger partial charge in [0.2, 0.25) is 10.0 Å². The molecule has 0 aromatic heterocycles. The van der Waals surface area contributed by atoms with Crippen LogP contribution in [0.15, 0.2) is 47.4 Å². The second kappa shape index (κ2) is 10.0. The number of benzene rings is 2. The predicted octanol–water partition coefficient (Wildman–Crippen LogP) is 3.32. The number of nitrogens with one attached hydrogen (secondary N) is 1. The Labute approximate surface area is 188 Å². The van der Waals surface area contributed by atoms with Crippen LogP contribution >= 0.6 is 0 Å². The third-order valence-corrected chi connectivity index (χ3v) is 7.08. The zero-order valence-corrected chi connectivity index (χ0v) is 19.1. The molecule has 0 saturated carbocycles. The highest BCUT2D eigenvalue weighted by Crippen LogP contribution is 2.30. The molecule has 172 valence electrons. The molecule has 0 bridgehead atoms. The fourth-order valence-electron chi connectivity index (χ4n) is 3.38. The Bertz CT molecular complexity index is 1080. The number of methoxy groups -OCH3 is 1. The summed E-state index contributed by atoms with van der Waals surface area (Å²) >= 11 is 0. The Morgan fingerprint density at radius 1 is 1.09 bits per heavy atom. The van der Waals surface area contributed by atoms with Crippen molar-refractivity contribution in [3.8, 4) is 5.75 Å². The monoisotopic (exact) mass is 461 g/mol. The van der Waals surface area contributed by atoms with Crippen molar-refractivity contribution in [1.29, 1.82) is 0 Å². The highest BCUT2D eigenvalue weighted by atomic mass is 32.2. The summed E-state index contributed by atoms with van der Waals surface area (Å²) in [5, 5.41) is 2.74. The fourth-order valence-corrected chi connectivity index (χ4v) is 5.08. The number of carbonyl (C=O) groups is 2. The van der Waals surface area contributed by atoms with Crippen LogP contribution in [-0.4, -0.2) is 58.6 Å². The number of nitrogens with zero attached hydrogens (tertiary/aromatic N) is 2. The van der Waals surface area contributed by atoms with Gasteiger partial charge in [0.05, 0.1) is 13.7 Å². The lowest BCUT2D eigenvalue weighted by Crippen LogP contribution is -2.28. The van der Waals surface area contributed by atoms with E-state index in [-0.39, 0.29) is 22.8 Å². The van der Waals surface area contributed by atoms with Crippen molar-refractivity contribution in [3.05, 3.63) is 48.0 Å². The number of carbonyl (C=O) groups excluding carboxylic acids is 2. The molecular weight excluding hydrogens is 434 g/mol.